The predicted molar refractivity (Wildman–Crippen MR) is 74.7 cm³/mol. The van der Waals surface area contributed by atoms with Crippen molar-refractivity contribution >= 4 is 0 Å². The van der Waals surface area contributed by atoms with Crippen LogP contribution < -0.4 is 5.32 Å². The Labute approximate surface area is 109 Å². The number of para-hydroxylation sites is 1. The van der Waals surface area contributed by atoms with Crippen LogP contribution in [0.5, 0.6) is 0 Å². The van der Waals surface area contributed by atoms with Gasteiger partial charge in [0.15, 0.2) is 0 Å². The van der Waals surface area contributed by atoms with Crippen LogP contribution in [0.3, 0.4) is 0 Å². The van der Waals surface area contributed by atoms with Gasteiger partial charge in [0.25, 0.3) is 0 Å². The van der Waals surface area contributed by atoms with Gasteiger partial charge in [-0.1, -0.05) is 38.5 Å². The number of hydrogen-bond donors (Lipinski definition) is 1. The molecule has 3 heteroatoms. The Morgan fingerprint density at radius 1 is 1.28 bits per heavy atom. The van der Waals surface area contributed by atoms with Crippen molar-refractivity contribution in [2.24, 2.45) is 5.92 Å². The molecule has 1 heterocycles. The zero-order valence-electron chi connectivity index (χ0n) is 11.1. The normalized spacial score (nSPS) is 12.6. The molecule has 2 rings (SSSR count). The fraction of sp³-hybridized carbons (Fsp3) is 0.400. The van der Waals surface area contributed by atoms with E-state index in [-0.39, 0.29) is 0 Å². The van der Waals surface area contributed by atoms with Crippen molar-refractivity contribution in [1.82, 2.24) is 15.1 Å². The van der Waals surface area contributed by atoms with Gasteiger partial charge in [-0.25, -0.2) is 4.68 Å². The van der Waals surface area contributed by atoms with Crippen LogP contribution in [0.15, 0.2) is 42.7 Å². The number of rotatable bonds is 6. The lowest BCUT2D eigenvalue weighted by Gasteiger charge is -2.13. The van der Waals surface area contributed by atoms with E-state index < -0.39 is 0 Å². The molecule has 0 aliphatic heterocycles. The summed E-state index contributed by atoms with van der Waals surface area (Å²) in [5, 5.41) is 7.81. The molecular weight excluding hydrogens is 222 g/mol. The molecule has 0 aliphatic carbocycles. The molecule has 0 spiro atoms. The van der Waals surface area contributed by atoms with Crippen molar-refractivity contribution < 1.29 is 0 Å². The van der Waals surface area contributed by atoms with Gasteiger partial charge in [-0.2, -0.15) is 5.10 Å². The molecule has 0 fully saturated rings. The lowest BCUT2D eigenvalue weighted by molar-refractivity contribution is 0.499. The molecule has 0 saturated carbocycles. The SMILES string of the molecule is CCC(C)CNCc1ccccc1-n1cccn1. The Balaban J connectivity index is 2.04. The molecule has 2 aromatic rings. The van der Waals surface area contributed by atoms with E-state index in [4.69, 9.17) is 0 Å². The fourth-order valence-electron chi connectivity index (χ4n) is 1.89. The first-order valence-electron chi connectivity index (χ1n) is 6.60. The second-order valence-electron chi connectivity index (χ2n) is 4.72. The summed E-state index contributed by atoms with van der Waals surface area (Å²) in [6, 6.07) is 10.3. The van der Waals surface area contributed by atoms with Crippen molar-refractivity contribution in [1.29, 1.82) is 0 Å². The van der Waals surface area contributed by atoms with Gasteiger partial charge in [0, 0.05) is 18.9 Å². The average Bonchev–Trinajstić information content (AvgIpc) is 2.93. The van der Waals surface area contributed by atoms with Crippen molar-refractivity contribution in [3.8, 4) is 5.69 Å². The minimum atomic E-state index is 0.724. The maximum Gasteiger partial charge on any atom is 0.0690 e. The molecule has 0 aliphatic rings. The minimum absolute atomic E-state index is 0.724. The largest absolute Gasteiger partial charge is 0.312 e. The molecule has 1 unspecified atom stereocenters. The van der Waals surface area contributed by atoms with E-state index >= 15 is 0 Å². The highest BCUT2D eigenvalue weighted by Gasteiger charge is 2.04. The van der Waals surface area contributed by atoms with E-state index in [0.717, 1.165) is 24.7 Å². The first-order valence-corrected chi connectivity index (χ1v) is 6.60. The number of nitrogens with one attached hydrogen (secondary N) is 1. The zero-order chi connectivity index (χ0) is 12.8. The molecule has 0 bridgehead atoms. The lowest BCUT2D eigenvalue weighted by Crippen LogP contribution is -2.21. The summed E-state index contributed by atoms with van der Waals surface area (Å²) < 4.78 is 1.92. The van der Waals surface area contributed by atoms with Gasteiger partial charge in [-0.15, -0.1) is 0 Å². The predicted octanol–water partition coefficient (Wildman–Crippen LogP) is 3.01. The molecule has 96 valence electrons. The summed E-state index contributed by atoms with van der Waals surface area (Å²) in [7, 11) is 0. The Kier molecular flexibility index (Phi) is 4.53. The summed E-state index contributed by atoms with van der Waals surface area (Å²) in [6.45, 7) is 6.45. The summed E-state index contributed by atoms with van der Waals surface area (Å²) in [6.07, 6.45) is 5.00. The Morgan fingerprint density at radius 2 is 2.11 bits per heavy atom. The molecule has 1 aromatic carbocycles. The average molecular weight is 243 g/mol. The van der Waals surface area contributed by atoms with Gasteiger partial charge in [0.2, 0.25) is 0 Å². The third-order valence-corrected chi connectivity index (χ3v) is 3.25. The molecule has 3 nitrogen and oxygen atoms in total. The molecule has 18 heavy (non-hydrogen) atoms. The summed E-state index contributed by atoms with van der Waals surface area (Å²) in [5.74, 6) is 0.724. The van der Waals surface area contributed by atoms with E-state index in [1.54, 1.807) is 0 Å². The van der Waals surface area contributed by atoms with E-state index in [1.807, 2.05) is 23.1 Å². The van der Waals surface area contributed by atoms with Crippen LogP contribution in [0.25, 0.3) is 5.69 Å². The quantitative estimate of drug-likeness (QED) is 0.845. The Bertz CT molecular complexity index is 462. The first kappa shape index (κ1) is 12.8. The van der Waals surface area contributed by atoms with Crippen LogP contribution in [-0.4, -0.2) is 16.3 Å². The fourth-order valence-corrected chi connectivity index (χ4v) is 1.89. The molecule has 1 aromatic heterocycles. The third-order valence-electron chi connectivity index (χ3n) is 3.25. The van der Waals surface area contributed by atoms with Crippen molar-refractivity contribution in [2.75, 3.05) is 6.54 Å². The van der Waals surface area contributed by atoms with Crippen LogP contribution >= 0.6 is 0 Å². The van der Waals surface area contributed by atoms with E-state index in [9.17, 15) is 0 Å². The summed E-state index contributed by atoms with van der Waals surface area (Å²) >= 11 is 0. The number of aromatic nitrogens is 2. The molecular formula is C15H21N3. The number of hydrogen-bond acceptors (Lipinski definition) is 2. The smallest absolute Gasteiger partial charge is 0.0690 e. The lowest BCUT2D eigenvalue weighted by atomic mass is 10.1. The Morgan fingerprint density at radius 3 is 2.83 bits per heavy atom. The standard InChI is InChI=1S/C15H21N3/c1-3-13(2)11-16-12-14-7-4-5-8-15(14)18-10-6-9-17-18/h4-10,13,16H,3,11-12H2,1-2H3. The summed E-state index contributed by atoms with van der Waals surface area (Å²) in [5.41, 5.74) is 2.43. The number of benzene rings is 1. The molecule has 0 saturated heterocycles. The highest BCUT2D eigenvalue weighted by Crippen LogP contribution is 2.13. The van der Waals surface area contributed by atoms with Gasteiger partial charge < -0.3 is 5.32 Å². The van der Waals surface area contributed by atoms with E-state index in [2.05, 4.69) is 48.5 Å². The maximum atomic E-state index is 4.30. The molecule has 0 amide bonds. The monoisotopic (exact) mass is 243 g/mol. The van der Waals surface area contributed by atoms with Gasteiger partial charge in [0.05, 0.1) is 5.69 Å². The van der Waals surface area contributed by atoms with E-state index in [1.165, 1.54) is 12.0 Å². The van der Waals surface area contributed by atoms with Crippen LogP contribution in [-0.2, 0) is 6.54 Å². The minimum Gasteiger partial charge on any atom is -0.312 e. The van der Waals surface area contributed by atoms with Crippen LogP contribution in [0.4, 0.5) is 0 Å². The van der Waals surface area contributed by atoms with Gasteiger partial charge in [-0.3, -0.25) is 0 Å². The van der Waals surface area contributed by atoms with Gasteiger partial charge in [0.1, 0.15) is 0 Å². The van der Waals surface area contributed by atoms with Gasteiger partial charge >= 0.3 is 0 Å². The number of nitrogens with zero attached hydrogens (tertiary/aromatic N) is 2. The topological polar surface area (TPSA) is 29.9 Å². The second-order valence-corrected chi connectivity index (χ2v) is 4.72. The van der Waals surface area contributed by atoms with Crippen LogP contribution in [0.2, 0.25) is 0 Å². The van der Waals surface area contributed by atoms with Crippen molar-refractivity contribution in [3.05, 3.63) is 48.3 Å². The Hall–Kier alpha value is -1.61. The third kappa shape index (κ3) is 3.20. The molecule has 0 radical (unpaired) electrons. The highest BCUT2D eigenvalue weighted by molar-refractivity contribution is 5.40. The van der Waals surface area contributed by atoms with Gasteiger partial charge in [-0.05, 0) is 30.2 Å². The van der Waals surface area contributed by atoms with Crippen LogP contribution in [0, 0.1) is 5.92 Å². The molecule has 1 N–H and O–H groups in total. The second kappa shape index (κ2) is 6.36. The first-order chi connectivity index (χ1) is 8.81. The summed E-state index contributed by atoms with van der Waals surface area (Å²) in [4.78, 5) is 0. The zero-order valence-corrected chi connectivity index (χ0v) is 11.1. The van der Waals surface area contributed by atoms with Crippen molar-refractivity contribution in [2.45, 2.75) is 26.8 Å². The van der Waals surface area contributed by atoms with Crippen LogP contribution in [0.1, 0.15) is 25.8 Å². The highest BCUT2D eigenvalue weighted by atomic mass is 15.3. The maximum absolute atomic E-state index is 4.30. The van der Waals surface area contributed by atoms with Crippen molar-refractivity contribution in [3.63, 3.8) is 0 Å². The van der Waals surface area contributed by atoms with E-state index in [0.29, 0.717) is 0 Å². The molecule has 1 atom stereocenters.